The first kappa shape index (κ1) is 22.3. The fourth-order valence-corrected chi connectivity index (χ4v) is 2.37. The minimum Gasteiger partial charge on any atom is -0.399 e. The summed E-state index contributed by atoms with van der Waals surface area (Å²) in [6, 6.07) is 23.8. The van der Waals surface area contributed by atoms with Gasteiger partial charge in [0.25, 0.3) is 0 Å². The van der Waals surface area contributed by atoms with Gasteiger partial charge < -0.3 is 11.6 Å². The number of hydrogen-bond donors (Lipinski definition) is 2. The molecule has 0 spiro atoms. The largest absolute Gasteiger partial charge is 0.399 e. The maximum atomic E-state index is 5.81. The number of benzene rings is 3. The van der Waals surface area contributed by atoms with Crippen LogP contribution < -0.4 is 11.6 Å². The first-order valence-corrected chi connectivity index (χ1v) is 9.19. The second-order valence-corrected chi connectivity index (χ2v) is 6.48. The lowest BCUT2D eigenvalue weighted by atomic mass is 10.1. The standard InChI is InChI=1S/C9H11ClN2.C7H9N.C7H8/c1-2-7-3-4-9(10)5-8(7)6-12-11;1-6-2-4-7(8)5-3-6;1-7-5-3-2-4-6-7/h3-6H,2,11H2,1H3;2-5H,8H2,1H3;2-6H,1H3/b12-6+;;. The van der Waals surface area contributed by atoms with Crippen LogP contribution in [-0.2, 0) is 6.42 Å². The third-order valence-electron chi connectivity index (χ3n) is 3.72. The van der Waals surface area contributed by atoms with Crippen molar-refractivity contribution in [2.45, 2.75) is 27.2 Å². The highest BCUT2D eigenvalue weighted by Gasteiger charge is 1.98. The van der Waals surface area contributed by atoms with Crippen molar-refractivity contribution in [3.63, 3.8) is 0 Å². The molecule has 0 radical (unpaired) electrons. The first-order chi connectivity index (χ1) is 13.0. The molecule has 3 rings (SSSR count). The molecule has 27 heavy (non-hydrogen) atoms. The summed E-state index contributed by atoms with van der Waals surface area (Å²) in [6.07, 6.45) is 2.57. The highest BCUT2D eigenvalue weighted by Crippen LogP contribution is 2.14. The number of hydrogen-bond acceptors (Lipinski definition) is 3. The predicted molar refractivity (Wildman–Crippen MR) is 119 cm³/mol. The van der Waals surface area contributed by atoms with Gasteiger partial charge in [-0.15, -0.1) is 0 Å². The van der Waals surface area contributed by atoms with Gasteiger partial charge in [0, 0.05) is 10.7 Å². The van der Waals surface area contributed by atoms with Crippen molar-refractivity contribution in [3.8, 4) is 0 Å². The fourth-order valence-electron chi connectivity index (χ4n) is 2.19. The quantitative estimate of drug-likeness (QED) is 0.256. The SMILES string of the molecule is CCc1ccc(Cl)cc1/C=N/N.Cc1ccc(N)cc1.Cc1ccccc1. The second-order valence-electron chi connectivity index (χ2n) is 6.04. The molecule has 0 aliphatic heterocycles. The molecule has 0 amide bonds. The average molecular weight is 382 g/mol. The maximum Gasteiger partial charge on any atom is 0.0541 e. The Morgan fingerprint density at radius 2 is 1.48 bits per heavy atom. The Bertz CT molecular complexity index is 792. The van der Waals surface area contributed by atoms with Gasteiger partial charge in [-0.05, 0) is 55.7 Å². The Kier molecular flexibility index (Phi) is 10.4. The van der Waals surface area contributed by atoms with Gasteiger partial charge in [-0.25, -0.2) is 0 Å². The smallest absolute Gasteiger partial charge is 0.0541 e. The average Bonchev–Trinajstić information content (AvgIpc) is 2.66. The Labute approximate surface area is 167 Å². The summed E-state index contributed by atoms with van der Waals surface area (Å²) >= 11 is 5.81. The zero-order chi connectivity index (χ0) is 20.1. The zero-order valence-corrected chi connectivity index (χ0v) is 16.9. The van der Waals surface area contributed by atoms with E-state index in [4.69, 9.17) is 23.2 Å². The third kappa shape index (κ3) is 9.47. The number of hydrazone groups is 1. The van der Waals surface area contributed by atoms with Gasteiger partial charge >= 0.3 is 0 Å². The Hall–Kier alpha value is -2.78. The van der Waals surface area contributed by atoms with Crippen LogP contribution in [0.25, 0.3) is 0 Å². The molecule has 0 aliphatic rings. The molecule has 0 bridgehead atoms. The summed E-state index contributed by atoms with van der Waals surface area (Å²) < 4.78 is 0. The van der Waals surface area contributed by atoms with E-state index >= 15 is 0 Å². The fraction of sp³-hybridized carbons (Fsp3) is 0.174. The Balaban J connectivity index is 0.000000212. The lowest BCUT2D eigenvalue weighted by Gasteiger charge is -2.01. The molecule has 0 aromatic heterocycles. The van der Waals surface area contributed by atoms with Crippen LogP contribution in [0.5, 0.6) is 0 Å². The molecule has 0 saturated carbocycles. The van der Waals surface area contributed by atoms with Gasteiger partial charge in [-0.1, -0.05) is 78.2 Å². The summed E-state index contributed by atoms with van der Waals surface area (Å²) in [4.78, 5) is 0. The second kappa shape index (κ2) is 12.6. The van der Waals surface area contributed by atoms with Crippen LogP contribution in [0.15, 0.2) is 77.9 Å². The van der Waals surface area contributed by atoms with Gasteiger partial charge in [0.2, 0.25) is 0 Å². The molecule has 3 aromatic rings. The molecule has 4 N–H and O–H groups in total. The summed E-state index contributed by atoms with van der Waals surface area (Å²) in [5, 5.41) is 4.18. The van der Waals surface area contributed by atoms with Crippen molar-refractivity contribution in [2.75, 3.05) is 5.73 Å². The highest BCUT2D eigenvalue weighted by molar-refractivity contribution is 6.30. The molecule has 0 atom stereocenters. The van der Waals surface area contributed by atoms with Crippen molar-refractivity contribution in [2.24, 2.45) is 10.9 Å². The van der Waals surface area contributed by atoms with E-state index in [2.05, 4.69) is 31.1 Å². The van der Waals surface area contributed by atoms with Crippen LogP contribution in [-0.4, -0.2) is 6.21 Å². The molecule has 142 valence electrons. The Morgan fingerprint density at radius 3 is 1.93 bits per heavy atom. The molecular formula is C23H28ClN3. The summed E-state index contributed by atoms with van der Waals surface area (Å²) in [7, 11) is 0. The van der Waals surface area contributed by atoms with Crippen molar-refractivity contribution in [1.29, 1.82) is 0 Å². The van der Waals surface area contributed by atoms with Crippen LogP contribution in [0.1, 0.15) is 29.2 Å². The maximum absolute atomic E-state index is 5.81. The zero-order valence-electron chi connectivity index (χ0n) is 16.2. The van der Waals surface area contributed by atoms with Crippen LogP contribution in [0.4, 0.5) is 5.69 Å². The van der Waals surface area contributed by atoms with Crippen molar-refractivity contribution >= 4 is 23.5 Å². The Morgan fingerprint density at radius 1 is 0.889 bits per heavy atom. The van der Waals surface area contributed by atoms with Crippen molar-refractivity contribution in [3.05, 3.63) is 100 Å². The minimum absolute atomic E-state index is 0.710. The van der Waals surface area contributed by atoms with Crippen LogP contribution >= 0.6 is 11.6 Å². The molecule has 0 aliphatic carbocycles. The number of aryl methyl sites for hydroxylation is 3. The molecule has 4 heteroatoms. The van der Waals surface area contributed by atoms with Crippen molar-refractivity contribution in [1.82, 2.24) is 0 Å². The number of rotatable bonds is 2. The van der Waals surface area contributed by atoms with E-state index < -0.39 is 0 Å². The van der Waals surface area contributed by atoms with Crippen LogP contribution in [0.3, 0.4) is 0 Å². The molecule has 0 fully saturated rings. The van der Waals surface area contributed by atoms with E-state index in [1.54, 1.807) is 6.21 Å². The molecule has 3 nitrogen and oxygen atoms in total. The van der Waals surface area contributed by atoms with E-state index in [9.17, 15) is 0 Å². The van der Waals surface area contributed by atoms with Crippen molar-refractivity contribution < 1.29 is 0 Å². The summed E-state index contributed by atoms with van der Waals surface area (Å²) in [5.41, 5.74) is 11.0. The van der Waals surface area contributed by atoms with E-state index in [-0.39, 0.29) is 0 Å². The topological polar surface area (TPSA) is 64.4 Å². The van der Waals surface area contributed by atoms with Gasteiger partial charge in [-0.3, -0.25) is 0 Å². The van der Waals surface area contributed by atoms with Crippen LogP contribution in [0.2, 0.25) is 5.02 Å². The molecular weight excluding hydrogens is 354 g/mol. The van der Waals surface area contributed by atoms with Gasteiger partial charge in [0.15, 0.2) is 0 Å². The number of nitrogens with zero attached hydrogens (tertiary/aromatic N) is 1. The third-order valence-corrected chi connectivity index (χ3v) is 3.96. The lowest BCUT2D eigenvalue weighted by Crippen LogP contribution is -1.93. The molecule has 3 aromatic carbocycles. The minimum atomic E-state index is 0.710. The van der Waals surface area contributed by atoms with Gasteiger partial charge in [-0.2, -0.15) is 5.10 Å². The number of halogens is 1. The lowest BCUT2D eigenvalue weighted by molar-refractivity contribution is 1.13. The summed E-state index contributed by atoms with van der Waals surface area (Å²) in [6.45, 7) is 6.20. The van der Waals surface area contributed by atoms with Gasteiger partial charge in [0.1, 0.15) is 0 Å². The number of anilines is 1. The van der Waals surface area contributed by atoms with E-state index in [0.29, 0.717) is 5.02 Å². The van der Waals surface area contributed by atoms with Crippen LogP contribution in [0, 0.1) is 13.8 Å². The highest BCUT2D eigenvalue weighted by atomic mass is 35.5. The normalized spacial score (nSPS) is 9.78. The number of nitrogen functional groups attached to an aromatic ring is 1. The first-order valence-electron chi connectivity index (χ1n) is 8.81. The molecule has 0 saturated heterocycles. The van der Waals surface area contributed by atoms with E-state index in [0.717, 1.165) is 17.7 Å². The summed E-state index contributed by atoms with van der Waals surface area (Å²) in [5.74, 6) is 5.06. The predicted octanol–water partition coefficient (Wildman–Crippen LogP) is 5.77. The molecule has 0 heterocycles. The molecule has 0 unspecified atom stereocenters. The monoisotopic (exact) mass is 381 g/mol. The van der Waals surface area contributed by atoms with E-state index in [1.807, 2.05) is 67.6 Å². The van der Waals surface area contributed by atoms with Gasteiger partial charge in [0.05, 0.1) is 6.21 Å². The number of nitrogens with two attached hydrogens (primary N) is 2. The van der Waals surface area contributed by atoms with E-state index in [1.165, 1.54) is 16.7 Å².